The van der Waals surface area contributed by atoms with Crippen LogP contribution < -0.4 is 0 Å². The van der Waals surface area contributed by atoms with Crippen molar-refractivity contribution < 1.29 is 19.0 Å². The van der Waals surface area contributed by atoms with Gasteiger partial charge < -0.3 is 10.2 Å². The van der Waals surface area contributed by atoms with Crippen molar-refractivity contribution >= 4 is 0 Å². The Hall–Kier alpha value is -0.480. The first kappa shape index (κ1) is 9.61. The van der Waals surface area contributed by atoms with Crippen molar-refractivity contribution in [2.24, 2.45) is 0 Å². The van der Waals surface area contributed by atoms with Crippen LogP contribution in [0, 0.1) is 0 Å². The highest BCUT2D eigenvalue weighted by Crippen LogP contribution is 2.28. The standard InChI is InChI=1S/C8H12F2O2/c9-8(10)6(11)4-2-1-3-5-7(8)12/h2,4,6-7,11-12H,1,3,5H2/b4-2-. The fraction of sp³-hybridized carbons (Fsp3) is 0.750. The van der Waals surface area contributed by atoms with Crippen molar-refractivity contribution in [2.75, 3.05) is 0 Å². The van der Waals surface area contributed by atoms with Crippen molar-refractivity contribution in [2.45, 2.75) is 37.4 Å². The van der Waals surface area contributed by atoms with Gasteiger partial charge in [0, 0.05) is 0 Å². The van der Waals surface area contributed by atoms with Crippen LogP contribution in [0.5, 0.6) is 0 Å². The van der Waals surface area contributed by atoms with Gasteiger partial charge in [0.1, 0.15) is 12.2 Å². The smallest absolute Gasteiger partial charge is 0.302 e. The van der Waals surface area contributed by atoms with E-state index in [1.54, 1.807) is 0 Å². The van der Waals surface area contributed by atoms with Crippen LogP contribution in [0.1, 0.15) is 19.3 Å². The van der Waals surface area contributed by atoms with Gasteiger partial charge in [0.15, 0.2) is 0 Å². The van der Waals surface area contributed by atoms with E-state index >= 15 is 0 Å². The molecule has 2 nitrogen and oxygen atoms in total. The zero-order valence-electron chi connectivity index (χ0n) is 6.58. The topological polar surface area (TPSA) is 40.5 Å². The molecule has 70 valence electrons. The van der Waals surface area contributed by atoms with Crippen molar-refractivity contribution in [3.05, 3.63) is 12.2 Å². The molecule has 0 spiro atoms. The second-order valence-electron chi connectivity index (χ2n) is 2.99. The highest BCUT2D eigenvalue weighted by molar-refractivity contribution is 5.00. The van der Waals surface area contributed by atoms with Crippen LogP contribution in [-0.2, 0) is 0 Å². The van der Waals surface area contributed by atoms with Crippen molar-refractivity contribution in [1.29, 1.82) is 0 Å². The van der Waals surface area contributed by atoms with E-state index in [-0.39, 0.29) is 6.42 Å². The molecular formula is C8H12F2O2. The van der Waals surface area contributed by atoms with Crippen LogP contribution in [0.2, 0.25) is 0 Å². The van der Waals surface area contributed by atoms with Gasteiger partial charge in [-0.1, -0.05) is 12.2 Å². The van der Waals surface area contributed by atoms with Crippen LogP contribution in [0.15, 0.2) is 12.2 Å². The summed E-state index contributed by atoms with van der Waals surface area (Å²) >= 11 is 0. The number of rotatable bonds is 0. The van der Waals surface area contributed by atoms with E-state index in [4.69, 9.17) is 10.2 Å². The third kappa shape index (κ3) is 1.81. The van der Waals surface area contributed by atoms with E-state index < -0.39 is 18.1 Å². The van der Waals surface area contributed by atoms with Gasteiger partial charge in [-0.15, -0.1) is 0 Å². The molecule has 0 radical (unpaired) electrons. The SMILES string of the molecule is OC1/C=C\CCCC(O)C1(F)F. The number of halogens is 2. The molecule has 12 heavy (non-hydrogen) atoms. The van der Waals surface area contributed by atoms with E-state index in [9.17, 15) is 8.78 Å². The number of allylic oxidation sites excluding steroid dienone is 1. The molecule has 1 aliphatic rings. The lowest BCUT2D eigenvalue weighted by Gasteiger charge is -2.26. The maximum absolute atomic E-state index is 12.9. The average molecular weight is 178 g/mol. The minimum absolute atomic E-state index is 0.0361. The van der Waals surface area contributed by atoms with Crippen LogP contribution in [-0.4, -0.2) is 28.3 Å². The summed E-state index contributed by atoms with van der Waals surface area (Å²) in [5.41, 5.74) is 0. The molecular weight excluding hydrogens is 166 g/mol. The molecule has 0 amide bonds. The first-order valence-electron chi connectivity index (χ1n) is 3.95. The minimum Gasteiger partial charge on any atom is -0.387 e. The molecule has 1 rings (SSSR count). The second-order valence-corrected chi connectivity index (χ2v) is 2.99. The average Bonchev–Trinajstić information content (AvgIpc) is 2.01. The van der Waals surface area contributed by atoms with Gasteiger partial charge in [0.2, 0.25) is 0 Å². The molecule has 2 atom stereocenters. The molecule has 0 aliphatic heterocycles. The second kappa shape index (κ2) is 3.49. The Kier molecular flexibility index (Phi) is 2.80. The molecule has 2 unspecified atom stereocenters. The molecule has 0 aromatic heterocycles. The Morgan fingerprint density at radius 1 is 1.33 bits per heavy atom. The summed E-state index contributed by atoms with van der Waals surface area (Å²) in [5, 5.41) is 17.9. The van der Waals surface area contributed by atoms with Gasteiger partial charge in [-0.25, -0.2) is 8.78 Å². The van der Waals surface area contributed by atoms with E-state index in [1.807, 2.05) is 0 Å². The van der Waals surface area contributed by atoms with Gasteiger partial charge >= 0.3 is 5.92 Å². The van der Waals surface area contributed by atoms with E-state index in [2.05, 4.69) is 0 Å². The van der Waals surface area contributed by atoms with Gasteiger partial charge in [-0.2, -0.15) is 0 Å². The summed E-state index contributed by atoms with van der Waals surface area (Å²) in [5.74, 6) is -3.41. The Balaban J connectivity index is 2.76. The van der Waals surface area contributed by atoms with Gasteiger partial charge in [0.25, 0.3) is 0 Å². The molecule has 0 aromatic carbocycles. The molecule has 0 bridgehead atoms. The van der Waals surface area contributed by atoms with Crippen LogP contribution >= 0.6 is 0 Å². The van der Waals surface area contributed by atoms with Crippen LogP contribution in [0.4, 0.5) is 8.78 Å². The van der Waals surface area contributed by atoms with Gasteiger partial charge in [0.05, 0.1) is 0 Å². The summed E-state index contributed by atoms with van der Waals surface area (Å²) < 4.78 is 25.8. The summed E-state index contributed by atoms with van der Waals surface area (Å²) in [6, 6.07) is 0. The highest BCUT2D eigenvalue weighted by Gasteiger charge is 2.44. The van der Waals surface area contributed by atoms with Crippen molar-refractivity contribution in [3.8, 4) is 0 Å². The Bertz CT molecular complexity index is 180. The van der Waals surface area contributed by atoms with E-state index in [0.29, 0.717) is 12.8 Å². The number of alkyl halides is 2. The summed E-state index contributed by atoms with van der Waals surface area (Å²) in [4.78, 5) is 0. The minimum atomic E-state index is -3.41. The van der Waals surface area contributed by atoms with Crippen LogP contribution in [0.25, 0.3) is 0 Å². The Morgan fingerprint density at radius 2 is 2.00 bits per heavy atom. The molecule has 0 saturated heterocycles. The normalized spacial score (nSPS) is 38.3. The number of aliphatic hydroxyl groups excluding tert-OH is 2. The highest BCUT2D eigenvalue weighted by atomic mass is 19.3. The van der Waals surface area contributed by atoms with Gasteiger partial charge in [-0.05, 0) is 19.3 Å². The Morgan fingerprint density at radius 3 is 2.67 bits per heavy atom. The first-order chi connectivity index (χ1) is 5.55. The monoisotopic (exact) mass is 178 g/mol. The lowest BCUT2D eigenvalue weighted by molar-refractivity contribution is -0.164. The van der Waals surface area contributed by atoms with E-state index in [1.165, 1.54) is 6.08 Å². The molecule has 1 aliphatic carbocycles. The lowest BCUT2D eigenvalue weighted by Crippen LogP contribution is -2.44. The summed E-state index contributed by atoms with van der Waals surface area (Å²) in [6.07, 6.45) is 0.177. The third-order valence-corrected chi connectivity index (χ3v) is 2.01. The Labute approximate surface area is 69.5 Å². The number of aliphatic hydroxyl groups is 2. The van der Waals surface area contributed by atoms with Crippen molar-refractivity contribution in [1.82, 2.24) is 0 Å². The predicted molar refractivity (Wildman–Crippen MR) is 40.0 cm³/mol. The predicted octanol–water partition coefficient (Wildman–Crippen LogP) is 1.08. The molecule has 0 heterocycles. The fourth-order valence-electron chi connectivity index (χ4n) is 1.17. The van der Waals surface area contributed by atoms with Gasteiger partial charge in [-0.3, -0.25) is 0 Å². The van der Waals surface area contributed by atoms with Crippen molar-refractivity contribution in [3.63, 3.8) is 0 Å². The number of hydrogen-bond donors (Lipinski definition) is 2. The largest absolute Gasteiger partial charge is 0.387 e. The summed E-state index contributed by atoms with van der Waals surface area (Å²) in [6.45, 7) is 0. The fourth-order valence-corrected chi connectivity index (χ4v) is 1.17. The van der Waals surface area contributed by atoms with Crippen LogP contribution in [0.3, 0.4) is 0 Å². The molecule has 0 aromatic rings. The number of hydrogen-bond acceptors (Lipinski definition) is 2. The maximum Gasteiger partial charge on any atom is 0.302 e. The zero-order valence-corrected chi connectivity index (χ0v) is 6.58. The molecule has 4 heteroatoms. The zero-order chi connectivity index (χ0) is 9.19. The molecule has 2 N–H and O–H groups in total. The first-order valence-corrected chi connectivity index (χ1v) is 3.95. The quantitative estimate of drug-likeness (QED) is 0.545. The van der Waals surface area contributed by atoms with E-state index in [0.717, 1.165) is 6.08 Å². The molecule has 0 saturated carbocycles. The third-order valence-electron chi connectivity index (χ3n) is 2.01. The summed E-state index contributed by atoms with van der Waals surface area (Å²) in [7, 11) is 0. The molecule has 0 fully saturated rings. The lowest BCUT2D eigenvalue weighted by atomic mass is 9.98. The maximum atomic E-state index is 12.9.